The number of ether oxygens (including phenoxy) is 1. The Morgan fingerprint density at radius 2 is 2.24 bits per heavy atom. The summed E-state index contributed by atoms with van der Waals surface area (Å²) < 4.78 is 43.2. The maximum Gasteiger partial charge on any atom is 0.263 e. The number of pyridine rings is 1. The van der Waals surface area contributed by atoms with Crippen LogP contribution >= 0.6 is 0 Å². The molecule has 1 heterocycles. The molecule has 0 spiro atoms. The van der Waals surface area contributed by atoms with E-state index in [9.17, 15) is 17.6 Å². The van der Waals surface area contributed by atoms with Crippen LogP contribution in [0.5, 0.6) is 0 Å². The standard InChI is InChI=1S/C12H18FN3O4S/c1-16(9-11(17)14-7-4-8-20-2)21(18,19)12-10(13)5-3-6-15-12/h3,5-6H,4,7-9H2,1-2H3,(H,14,17). The highest BCUT2D eigenvalue weighted by Gasteiger charge is 2.27. The van der Waals surface area contributed by atoms with Gasteiger partial charge in [0.1, 0.15) is 0 Å². The number of halogens is 1. The van der Waals surface area contributed by atoms with E-state index in [2.05, 4.69) is 10.3 Å². The lowest BCUT2D eigenvalue weighted by atomic mass is 10.4. The van der Waals surface area contributed by atoms with Crippen molar-refractivity contribution in [1.29, 1.82) is 0 Å². The smallest absolute Gasteiger partial charge is 0.263 e. The van der Waals surface area contributed by atoms with Crippen LogP contribution in [0, 0.1) is 5.82 Å². The Kier molecular flexibility index (Phi) is 6.66. The first-order chi connectivity index (χ1) is 9.89. The third-order valence-electron chi connectivity index (χ3n) is 2.59. The van der Waals surface area contributed by atoms with Gasteiger partial charge in [0.25, 0.3) is 10.0 Å². The topological polar surface area (TPSA) is 88.6 Å². The van der Waals surface area contributed by atoms with Crippen LogP contribution < -0.4 is 5.32 Å². The Balaban J connectivity index is 2.64. The maximum absolute atomic E-state index is 13.5. The molecule has 1 rings (SSSR count). The third kappa shape index (κ3) is 5.03. The fourth-order valence-corrected chi connectivity index (χ4v) is 2.59. The maximum atomic E-state index is 13.5. The second-order valence-corrected chi connectivity index (χ2v) is 6.21. The molecule has 0 aliphatic carbocycles. The molecular formula is C12H18FN3O4S. The lowest BCUT2D eigenvalue weighted by Gasteiger charge is -2.16. The van der Waals surface area contributed by atoms with E-state index in [4.69, 9.17) is 4.74 Å². The number of aromatic nitrogens is 1. The summed E-state index contributed by atoms with van der Waals surface area (Å²) in [6, 6.07) is 2.29. The average Bonchev–Trinajstić information content (AvgIpc) is 2.43. The summed E-state index contributed by atoms with van der Waals surface area (Å²) in [4.78, 5) is 15.1. The van der Waals surface area contributed by atoms with Gasteiger partial charge in [-0.2, -0.15) is 4.31 Å². The number of hydrogen-bond donors (Lipinski definition) is 1. The van der Waals surface area contributed by atoms with E-state index in [0.29, 0.717) is 19.6 Å². The zero-order valence-electron chi connectivity index (χ0n) is 11.9. The summed E-state index contributed by atoms with van der Waals surface area (Å²) in [6.45, 7) is 0.456. The Bertz CT molecular complexity index is 580. The van der Waals surface area contributed by atoms with Crippen LogP contribution in [0.4, 0.5) is 4.39 Å². The largest absolute Gasteiger partial charge is 0.385 e. The van der Waals surface area contributed by atoms with Crippen LogP contribution in [-0.2, 0) is 19.6 Å². The molecule has 0 fully saturated rings. The van der Waals surface area contributed by atoms with Crippen molar-refractivity contribution in [3.8, 4) is 0 Å². The monoisotopic (exact) mass is 319 g/mol. The van der Waals surface area contributed by atoms with E-state index in [0.717, 1.165) is 10.4 Å². The summed E-state index contributed by atoms with van der Waals surface area (Å²) in [5.41, 5.74) is 0. The van der Waals surface area contributed by atoms with Crippen molar-refractivity contribution < 1.29 is 22.3 Å². The van der Waals surface area contributed by atoms with Crippen LogP contribution in [0.1, 0.15) is 6.42 Å². The fourth-order valence-electron chi connectivity index (χ4n) is 1.50. The van der Waals surface area contributed by atoms with Crippen LogP contribution in [-0.4, -0.2) is 57.5 Å². The molecule has 0 unspecified atom stereocenters. The first-order valence-electron chi connectivity index (χ1n) is 6.22. The third-order valence-corrected chi connectivity index (χ3v) is 4.33. The van der Waals surface area contributed by atoms with Gasteiger partial charge in [-0.1, -0.05) is 0 Å². The summed E-state index contributed by atoms with van der Waals surface area (Å²) >= 11 is 0. The van der Waals surface area contributed by atoms with Gasteiger partial charge < -0.3 is 10.1 Å². The summed E-state index contributed by atoms with van der Waals surface area (Å²) in [6.07, 6.45) is 1.79. The van der Waals surface area contributed by atoms with Crippen molar-refractivity contribution in [3.63, 3.8) is 0 Å². The first-order valence-corrected chi connectivity index (χ1v) is 7.66. The average molecular weight is 319 g/mol. The van der Waals surface area contributed by atoms with Gasteiger partial charge in [0.05, 0.1) is 6.54 Å². The zero-order valence-corrected chi connectivity index (χ0v) is 12.7. The van der Waals surface area contributed by atoms with E-state index >= 15 is 0 Å². The van der Waals surface area contributed by atoms with E-state index < -0.39 is 33.3 Å². The summed E-state index contributed by atoms with van der Waals surface area (Å²) in [5.74, 6) is -1.43. The van der Waals surface area contributed by atoms with Gasteiger partial charge in [0.15, 0.2) is 5.82 Å². The Morgan fingerprint density at radius 3 is 2.86 bits per heavy atom. The molecule has 1 aromatic rings. The van der Waals surface area contributed by atoms with Crippen molar-refractivity contribution in [2.75, 3.05) is 33.9 Å². The number of nitrogens with zero attached hydrogens (tertiary/aromatic N) is 2. The molecule has 21 heavy (non-hydrogen) atoms. The second-order valence-electron chi connectivity index (χ2n) is 4.25. The molecule has 0 saturated carbocycles. The van der Waals surface area contributed by atoms with Crippen molar-refractivity contribution in [2.45, 2.75) is 11.4 Å². The number of hydrogen-bond acceptors (Lipinski definition) is 5. The molecule has 9 heteroatoms. The molecule has 0 aliphatic rings. The molecule has 7 nitrogen and oxygen atoms in total. The van der Waals surface area contributed by atoms with E-state index in [1.165, 1.54) is 19.3 Å². The van der Waals surface area contributed by atoms with Gasteiger partial charge in [-0.3, -0.25) is 4.79 Å². The van der Waals surface area contributed by atoms with Crippen molar-refractivity contribution in [2.24, 2.45) is 0 Å². The van der Waals surface area contributed by atoms with Crippen LogP contribution in [0.2, 0.25) is 0 Å². The fraction of sp³-hybridized carbons (Fsp3) is 0.500. The van der Waals surface area contributed by atoms with Crippen LogP contribution in [0.3, 0.4) is 0 Å². The lowest BCUT2D eigenvalue weighted by molar-refractivity contribution is -0.121. The number of carbonyl (C=O) groups is 1. The number of rotatable bonds is 8. The number of methoxy groups -OCH3 is 1. The SMILES string of the molecule is COCCCNC(=O)CN(C)S(=O)(=O)c1ncccc1F. The van der Waals surface area contributed by atoms with Gasteiger partial charge >= 0.3 is 0 Å². The molecule has 1 N–H and O–H groups in total. The molecule has 0 atom stereocenters. The molecule has 0 saturated heterocycles. The quantitative estimate of drug-likeness (QED) is 0.681. The Labute approximate surface area is 123 Å². The normalized spacial score (nSPS) is 11.6. The van der Waals surface area contributed by atoms with E-state index in [-0.39, 0.29) is 0 Å². The van der Waals surface area contributed by atoms with E-state index in [1.54, 1.807) is 7.11 Å². The molecule has 0 radical (unpaired) electrons. The van der Waals surface area contributed by atoms with Gasteiger partial charge in [-0.05, 0) is 18.6 Å². The van der Waals surface area contributed by atoms with E-state index in [1.807, 2.05) is 0 Å². The predicted molar refractivity (Wildman–Crippen MR) is 73.5 cm³/mol. The minimum absolute atomic E-state index is 0.374. The molecule has 1 amide bonds. The van der Waals surface area contributed by atoms with Gasteiger partial charge in [-0.15, -0.1) is 0 Å². The molecule has 118 valence electrons. The minimum atomic E-state index is -4.14. The Hall–Kier alpha value is -1.58. The van der Waals surface area contributed by atoms with Crippen molar-refractivity contribution >= 4 is 15.9 Å². The predicted octanol–water partition coefficient (Wildman–Crippen LogP) is -0.00610. The number of sulfonamides is 1. The zero-order chi connectivity index (χ0) is 15.9. The highest BCUT2D eigenvalue weighted by atomic mass is 32.2. The summed E-state index contributed by atoms with van der Waals surface area (Å²) in [5, 5.41) is 1.85. The first kappa shape index (κ1) is 17.5. The molecule has 1 aromatic heterocycles. The highest BCUT2D eigenvalue weighted by Crippen LogP contribution is 2.14. The number of carbonyl (C=O) groups excluding carboxylic acids is 1. The van der Waals surface area contributed by atoms with Crippen molar-refractivity contribution in [3.05, 3.63) is 24.1 Å². The number of likely N-dealkylation sites (N-methyl/N-ethyl adjacent to an activating group) is 1. The molecular weight excluding hydrogens is 301 g/mol. The number of amides is 1. The number of nitrogens with one attached hydrogen (secondary N) is 1. The highest BCUT2D eigenvalue weighted by molar-refractivity contribution is 7.89. The summed E-state index contributed by atoms with van der Waals surface area (Å²) in [7, 11) is -1.40. The molecule has 0 aliphatic heterocycles. The van der Waals surface area contributed by atoms with Crippen LogP contribution in [0.15, 0.2) is 23.4 Å². The van der Waals surface area contributed by atoms with Gasteiger partial charge in [0, 0.05) is 33.5 Å². The molecule has 0 aromatic carbocycles. The second kappa shape index (κ2) is 8.01. The minimum Gasteiger partial charge on any atom is -0.385 e. The Morgan fingerprint density at radius 1 is 1.52 bits per heavy atom. The lowest BCUT2D eigenvalue weighted by Crippen LogP contribution is -2.39. The van der Waals surface area contributed by atoms with Crippen LogP contribution in [0.25, 0.3) is 0 Å². The molecule has 0 bridgehead atoms. The van der Waals surface area contributed by atoms with Gasteiger partial charge in [-0.25, -0.2) is 17.8 Å². The van der Waals surface area contributed by atoms with Gasteiger partial charge in [0.2, 0.25) is 10.9 Å². The van der Waals surface area contributed by atoms with Crippen molar-refractivity contribution in [1.82, 2.24) is 14.6 Å².